The van der Waals surface area contributed by atoms with Crippen LogP contribution >= 0.6 is 15.9 Å². The summed E-state index contributed by atoms with van der Waals surface area (Å²) in [5.74, 6) is 0. The lowest BCUT2D eigenvalue weighted by Gasteiger charge is -2.12. The van der Waals surface area contributed by atoms with Crippen LogP contribution in [0.2, 0.25) is 0 Å². The fourth-order valence-corrected chi connectivity index (χ4v) is 2.34. The molecule has 0 spiro atoms. The van der Waals surface area contributed by atoms with Gasteiger partial charge >= 0.3 is 0 Å². The van der Waals surface area contributed by atoms with Crippen molar-refractivity contribution in [1.82, 2.24) is 0 Å². The Morgan fingerprint density at radius 1 is 1.00 bits per heavy atom. The van der Waals surface area contributed by atoms with E-state index in [0.717, 1.165) is 11.1 Å². The van der Waals surface area contributed by atoms with E-state index in [9.17, 15) is 13.9 Å². The maximum absolute atomic E-state index is 12.4. The van der Waals surface area contributed by atoms with Crippen LogP contribution in [0.1, 0.15) is 11.7 Å². The predicted molar refractivity (Wildman–Crippen MR) is 70.5 cm³/mol. The normalized spacial score (nSPS) is 12.7. The molecule has 1 unspecified atom stereocenters. The highest BCUT2D eigenvalue weighted by molar-refractivity contribution is 9.10. The van der Waals surface area contributed by atoms with Crippen molar-refractivity contribution in [3.63, 3.8) is 0 Å². The SMILES string of the molecule is OC(c1ccc(-c2ccccc2)c(Br)c1)C(F)F. The van der Waals surface area contributed by atoms with E-state index in [4.69, 9.17) is 0 Å². The second kappa shape index (κ2) is 5.59. The Balaban J connectivity index is 2.37. The molecule has 0 bridgehead atoms. The third kappa shape index (κ3) is 2.76. The minimum atomic E-state index is -2.78. The van der Waals surface area contributed by atoms with Gasteiger partial charge in [-0.2, -0.15) is 0 Å². The smallest absolute Gasteiger partial charge is 0.268 e. The van der Waals surface area contributed by atoms with Crippen LogP contribution in [0.25, 0.3) is 11.1 Å². The monoisotopic (exact) mass is 312 g/mol. The van der Waals surface area contributed by atoms with Gasteiger partial charge in [-0.05, 0) is 22.8 Å². The van der Waals surface area contributed by atoms with Gasteiger partial charge in [0.25, 0.3) is 6.43 Å². The van der Waals surface area contributed by atoms with E-state index >= 15 is 0 Å². The first-order valence-corrected chi connectivity index (χ1v) is 6.20. The number of aliphatic hydroxyl groups is 1. The molecule has 1 nitrogen and oxygen atoms in total. The molecule has 2 aromatic rings. The average molecular weight is 313 g/mol. The zero-order valence-electron chi connectivity index (χ0n) is 9.35. The molecule has 1 atom stereocenters. The molecule has 0 radical (unpaired) electrons. The van der Waals surface area contributed by atoms with Gasteiger partial charge < -0.3 is 5.11 Å². The van der Waals surface area contributed by atoms with Crippen molar-refractivity contribution in [1.29, 1.82) is 0 Å². The number of alkyl halides is 2. The van der Waals surface area contributed by atoms with Crippen molar-refractivity contribution in [2.45, 2.75) is 12.5 Å². The molecular weight excluding hydrogens is 302 g/mol. The summed E-state index contributed by atoms with van der Waals surface area (Å²) < 4.78 is 25.5. The number of benzene rings is 2. The first-order chi connectivity index (χ1) is 8.59. The van der Waals surface area contributed by atoms with Crippen molar-refractivity contribution in [3.05, 3.63) is 58.6 Å². The molecule has 94 valence electrons. The molecule has 0 aliphatic heterocycles. The predicted octanol–water partition coefficient (Wildman–Crippen LogP) is 4.41. The highest BCUT2D eigenvalue weighted by atomic mass is 79.9. The molecule has 0 aliphatic carbocycles. The maximum atomic E-state index is 12.4. The highest BCUT2D eigenvalue weighted by Crippen LogP contribution is 2.31. The van der Waals surface area contributed by atoms with Gasteiger partial charge in [0.15, 0.2) is 0 Å². The second-order valence-electron chi connectivity index (χ2n) is 3.88. The lowest BCUT2D eigenvalue weighted by molar-refractivity contribution is -0.00580. The number of hydrogen-bond donors (Lipinski definition) is 1. The first-order valence-electron chi connectivity index (χ1n) is 5.40. The molecule has 0 saturated heterocycles. The summed E-state index contributed by atoms with van der Waals surface area (Å²) in [5.41, 5.74) is 2.10. The molecule has 0 fully saturated rings. The summed E-state index contributed by atoms with van der Waals surface area (Å²) in [7, 11) is 0. The van der Waals surface area contributed by atoms with E-state index < -0.39 is 12.5 Å². The van der Waals surface area contributed by atoms with E-state index in [2.05, 4.69) is 15.9 Å². The van der Waals surface area contributed by atoms with Crippen molar-refractivity contribution >= 4 is 15.9 Å². The number of hydrogen-bond acceptors (Lipinski definition) is 1. The van der Waals surface area contributed by atoms with Gasteiger partial charge in [-0.1, -0.05) is 58.4 Å². The largest absolute Gasteiger partial charge is 0.382 e. The van der Waals surface area contributed by atoms with E-state index in [1.165, 1.54) is 12.1 Å². The van der Waals surface area contributed by atoms with Crippen molar-refractivity contribution in [2.75, 3.05) is 0 Å². The van der Waals surface area contributed by atoms with Gasteiger partial charge in [0.2, 0.25) is 0 Å². The van der Waals surface area contributed by atoms with Crippen LogP contribution in [0.5, 0.6) is 0 Å². The van der Waals surface area contributed by atoms with Gasteiger partial charge in [0, 0.05) is 4.47 Å². The van der Waals surface area contributed by atoms with Crippen LogP contribution in [0.3, 0.4) is 0 Å². The Kier molecular flexibility index (Phi) is 4.09. The fraction of sp³-hybridized carbons (Fsp3) is 0.143. The van der Waals surface area contributed by atoms with Crippen LogP contribution in [0, 0.1) is 0 Å². The third-order valence-electron chi connectivity index (χ3n) is 2.66. The van der Waals surface area contributed by atoms with Crippen molar-refractivity contribution in [3.8, 4) is 11.1 Å². The molecule has 0 aromatic heterocycles. The zero-order chi connectivity index (χ0) is 13.1. The minimum absolute atomic E-state index is 0.205. The molecule has 0 saturated carbocycles. The Morgan fingerprint density at radius 3 is 2.22 bits per heavy atom. The van der Waals surface area contributed by atoms with Crippen molar-refractivity contribution in [2.24, 2.45) is 0 Å². The van der Waals surface area contributed by atoms with Crippen LogP contribution in [0.15, 0.2) is 53.0 Å². The molecule has 1 N–H and O–H groups in total. The van der Waals surface area contributed by atoms with Crippen LogP contribution in [-0.4, -0.2) is 11.5 Å². The molecule has 0 aliphatic rings. The van der Waals surface area contributed by atoms with Gasteiger partial charge in [0.1, 0.15) is 6.10 Å². The van der Waals surface area contributed by atoms with E-state index in [-0.39, 0.29) is 5.56 Å². The Hall–Kier alpha value is -1.26. The quantitative estimate of drug-likeness (QED) is 0.889. The second-order valence-corrected chi connectivity index (χ2v) is 4.74. The summed E-state index contributed by atoms with van der Waals surface area (Å²) in [6, 6.07) is 14.4. The molecule has 2 rings (SSSR count). The maximum Gasteiger partial charge on any atom is 0.268 e. The Bertz CT molecular complexity index is 529. The van der Waals surface area contributed by atoms with E-state index in [1.54, 1.807) is 6.07 Å². The Labute approximate surface area is 112 Å². The minimum Gasteiger partial charge on any atom is -0.382 e. The number of rotatable bonds is 3. The zero-order valence-corrected chi connectivity index (χ0v) is 10.9. The number of aliphatic hydroxyl groups excluding tert-OH is 1. The lowest BCUT2D eigenvalue weighted by atomic mass is 10.0. The molecule has 18 heavy (non-hydrogen) atoms. The molecule has 2 aromatic carbocycles. The van der Waals surface area contributed by atoms with Gasteiger partial charge in [0.05, 0.1) is 0 Å². The molecule has 4 heteroatoms. The van der Waals surface area contributed by atoms with Gasteiger partial charge in [-0.15, -0.1) is 0 Å². The summed E-state index contributed by atoms with van der Waals surface area (Å²) in [6.07, 6.45) is -4.52. The lowest BCUT2D eigenvalue weighted by Crippen LogP contribution is -2.07. The van der Waals surface area contributed by atoms with E-state index in [0.29, 0.717) is 4.47 Å². The van der Waals surface area contributed by atoms with Gasteiger partial charge in [-0.3, -0.25) is 0 Å². The van der Waals surface area contributed by atoms with Crippen LogP contribution in [0.4, 0.5) is 8.78 Å². The fourth-order valence-electron chi connectivity index (χ4n) is 1.71. The van der Waals surface area contributed by atoms with Crippen LogP contribution in [-0.2, 0) is 0 Å². The van der Waals surface area contributed by atoms with Crippen molar-refractivity contribution < 1.29 is 13.9 Å². The van der Waals surface area contributed by atoms with Gasteiger partial charge in [-0.25, -0.2) is 8.78 Å². The van der Waals surface area contributed by atoms with E-state index in [1.807, 2.05) is 30.3 Å². The summed E-state index contributed by atoms with van der Waals surface area (Å²) in [4.78, 5) is 0. The first kappa shape index (κ1) is 13.2. The summed E-state index contributed by atoms with van der Waals surface area (Å²) in [5, 5.41) is 9.31. The summed E-state index contributed by atoms with van der Waals surface area (Å²) in [6.45, 7) is 0. The topological polar surface area (TPSA) is 20.2 Å². The van der Waals surface area contributed by atoms with Crippen LogP contribution < -0.4 is 0 Å². The highest BCUT2D eigenvalue weighted by Gasteiger charge is 2.19. The molecule has 0 heterocycles. The molecule has 0 amide bonds. The molecular formula is C14H11BrF2O. The number of halogens is 3. The Morgan fingerprint density at radius 2 is 1.67 bits per heavy atom. The third-order valence-corrected chi connectivity index (χ3v) is 3.31. The summed E-state index contributed by atoms with van der Waals surface area (Å²) >= 11 is 3.35. The standard InChI is InChI=1S/C14H11BrF2O/c15-12-8-10(13(18)14(16)17)6-7-11(12)9-4-2-1-3-5-9/h1-8,13-14,18H. The average Bonchev–Trinajstić information content (AvgIpc) is 2.38.